The number of rotatable bonds is 5. The van der Waals surface area contributed by atoms with Crippen molar-refractivity contribution in [2.75, 3.05) is 13.1 Å². The number of benzene rings is 2. The predicted molar refractivity (Wildman–Crippen MR) is 103 cm³/mol. The van der Waals surface area contributed by atoms with Crippen LogP contribution in [0.25, 0.3) is 0 Å². The van der Waals surface area contributed by atoms with Gasteiger partial charge in [0.05, 0.1) is 12.5 Å². The largest absolute Gasteiger partial charge is 0.349 e. The van der Waals surface area contributed by atoms with Crippen LogP contribution in [0.5, 0.6) is 0 Å². The normalized spacial score (nSPS) is 16.6. The summed E-state index contributed by atoms with van der Waals surface area (Å²) in [4.78, 5) is 15.0. The molecule has 1 saturated heterocycles. The Morgan fingerprint density at radius 2 is 1.92 bits per heavy atom. The third-order valence-electron chi connectivity index (χ3n) is 5.17. The number of likely N-dealkylation sites (tertiary alicyclic amines) is 1. The first-order valence-electron chi connectivity index (χ1n) is 9.23. The molecular weight excluding hydrogens is 322 g/mol. The maximum Gasteiger partial charge on any atom is 0.251 e. The summed E-state index contributed by atoms with van der Waals surface area (Å²) in [7, 11) is 0. The molecule has 2 aromatic rings. The van der Waals surface area contributed by atoms with Crippen molar-refractivity contribution in [3.8, 4) is 6.07 Å². The van der Waals surface area contributed by atoms with E-state index in [4.69, 9.17) is 5.26 Å². The van der Waals surface area contributed by atoms with Gasteiger partial charge in [0.15, 0.2) is 0 Å². The Bertz CT molecular complexity index is 773. The van der Waals surface area contributed by atoms with Gasteiger partial charge >= 0.3 is 0 Å². The van der Waals surface area contributed by atoms with E-state index >= 15 is 0 Å². The van der Waals surface area contributed by atoms with Gasteiger partial charge in [0.1, 0.15) is 0 Å². The van der Waals surface area contributed by atoms with Crippen molar-refractivity contribution in [1.29, 1.82) is 5.26 Å². The highest BCUT2D eigenvalue weighted by molar-refractivity contribution is 5.94. The molecule has 0 spiro atoms. The van der Waals surface area contributed by atoms with Crippen LogP contribution in [0.15, 0.2) is 54.6 Å². The lowest BCUT2D eigenvalue weighted by molar-refractivity contribution is 0.0896. The van der Waals surface area contributed by atoms with Crippen molar-refractivity contribution in [3.05, 3.63) is 71.3 Å². The van der Waals surface area contributed by atoms with Gasteiger partial charge < -0.3 is 5.32 Å². The second-order valence-electron chi connectivity index (χ2n) is 6.91. The van der Waals surface area contributed by atoms with Crippen LogP contribution < -0.4 is 5.32 Å². The van der Waals surface area contributed by atoms with Crippen molar-refractivity contribution in [3.63, 3.8) is 0 Å². The molecule has 1 amide bonds. The zero-order valence-electron chi connectivity index (χ0n) is 15.2. The smallest absolute Gasteiger partial charge is 0.251 e. The molecule has 26 heavy (non-hydrogen) atoms. The van der Waals surface area contributed by atoms with E-state index in [9.17, 15) is 4.79 Å². The quantitative estimate of drug-likeness (QED) is 0.897. The fourth-order valence-corrected chi connectivity index (χ4v) is 3.56. The fraction of sp³-hybridized carbons (Fsp3) is 0.364. The van der Waals surface area contributed by atoms with Gasteiger partial charge in [0, 0.05) is 30.7 Å². The molecular formula is C22H25N3O. The van der Waals surface area contributed by atoms with Gasteiger partial charge in [0.25, 0.3) is 5.91 Å². The Kier molecular flexibility index (Phi) is 6.04. The number of carbonyl (C=O) groups excluding carboxylic acids is 1. The SMILES string of the molecule is C[C@H](c1ccccc1)N1CCC(NC(=O)c2cccc(CC#N)c2)CC1. The van der Waals surface area contributed by atoms with Crippen molar-refractivity contribution >= 4 is 5.91 Å². The van der Waals surface area contributed by atoms with E-state index in [1.54, 1.807) is 0 Å². The second kappa shape index (κ2) is 8.64. The molecule has 1 heterocycles. The highest BCUT2D eigenvalue weighted by Crippen LogP contribution is 2.24. The molecule has 134 valence electrons. The van der Waals surface area contributed by atoms with Crippen LogP contribution in [0, 0.1) is 11.3 Å². The maximum absolute atomic E-state index is 12.5. The van der Waals surface area contributed by atoms with Gasteiger partial charge in [-0.3, -0.25) is 9.69 Å². The van der Waals surface area contributed by atoms with Crippen LogP contribution in [-0.4, -0.2) is 29.9 Å². The molecule has 3 rings (SSSR count). The summed E-state index contributed by atoms with van der Waals surface area (Å²) >= 11 is 0. The molecule has 2 aromatic carbocycles. The Labute approximate surface area is 155 Å². The van der Waals surface area contributed by atoms with E-state index in [0.29, 0.717) is 18.0 Å². The average molecular weight is 347 g/mol. The number of amides is 1. The van der Waals surface area contributed by atoms with Crippen LogP contribution in [0.3, 0.4) is 0 Å². The molecule has 1 atom stereocenters. The third kappa shape index (κ3) is 4.50. The van der Waals surface area contributed by atoms with E-state index < -0.39 is 0 Å². The first-order chi connectivity index (χ1) is 12.7. The lowest BCUT2D eigenvalue weighted by Crippen LogP contribution is -2.45. The topological polar surface area (TPSA) is 56.1 Å². The van der Waals surface area contributed by atoms with Crippen LogP contribution in [0.1, 0.15) is 47.3 Å². The molecule has 1 fully saturated rings. The number of hydrogen-bond donors (Lipinski definition) is 1. The molecule has 1 N–H and O–H groups in total. The van der Waals surface area contributed by atoms with E-state index in [0.717, 1.165) is 31.5 Å². The first-order valence-corrected chi connectivity index (χ1v) is 9.23. The Hall–Kier alpha value is -2.64. The number of carbonyl (C=O) groups is 1. The van der Waals surface area contributed by atoms with E-state index in [2.05, 4.69) is 47.5 Å². The molecule has 4 nitrogen and oxygen atoms in total. The summed E-state index contributed by atoms with van der Waals surface area (Å²) < 4.78 is 0. The molecule has 0 aromatic heterocycles. The minimum atomic E-state index is -0.0423. The summed E-state index contributed by atoms with van der Waals surface area (Å²) in [5.74, 6) is -0.0423. The number of hydrogen-bond acceptors (Lipinski definition) is 3. The van der Waals surface area contributed by atoms with Crippen molar-refractivity contribution in [1.82, 2.24) is 10.2 Å². The van der Waals surface area contributed by atoms with E-state index in [-0.39, 0.29) is 11.9 Å². The number of nitriles is 1. The highest BCUT2D eigenvalue weighted by atomic mass is 16.1. The van der Waals surface area contributed by atoms with Gasteiger partial charge in [-0.2, -0.15) is 5.26 Å². The average Bonchev–Trinajstić information content (AvgIpc) is 2.69. The number of piperidine rings is 1. The summed E-state index contributed by atoms with van der Waals surface area (Å²) in [5.41, 5.74) is 2.86. The van der Waals surface area contributed by atoms with Gasteiger partial charge in [-0.05, 0) is 43.0 Å². The van der Waals surface area contributed by atoms with Crippen LogP contribution in [-0.2, 0) is 6.42 Å². The maximum atomic E-state index is 12.5. The second-order valence-corrected chi connectivity index (χ2v) is 6.91. The Morgan fingerprint density at radius 1 is 1.19 bits per heavy atom. The first kappa shape index (κ1) is 18.2. The molecule has 0 unspecified atom stereocenters. The van der Waals surface area contributed by atoms with Crippen LogP contribution >= 0.6 is 0 Å². The molecule has 4 heteroatoms. The van der Waals surface area contributed by atoms with Crippen LogP contribution in [0.2, 0.25) is 0 Å². The van der Waals surface area contributed by atoms with Gasteiger partial charge in [0.2, 0.25) is 0 Å². The van der Waals surface area contributed by atoms with E-state index in [1.807, 2.05) is 30.3 Å². The van der Waals surface area contributed by atoms with Crippen molar-refractivity contribution in [2.24, 2.45) is 0 Å². The van der Waals surface area contributed by atoms with Crippen molar-refractivity contribution in [2.45, 2.75) is 38.3 Å². The molecule has 1 aliphatic rings. The van der Waals surface area contributed by atoms with Gasteiger partial charge in [-0.1, -0.05) is 42.5 Å². The number of nitrogens with one attached hydrogen (secondary N) is 1. The summed E-state index contributed by atoms with van der Waals surface area (Å²) in [6, 6.07) is 20.6. The number of nitrogens with zero attached hydrogens (tertiary/aromatic N) is 2. The zero-order chi connectivity index (χ0) is 18.4. The molecule has 0 bridgehead atoms. The van der Waals surface area contributed by atoms with Gasteiger partial charge in [-0.15, -0.1) is 0 Å². The molecule has 0 radical (unpaired) electrons. The molecule has 0 aliphatic carbocycles. The summed E-state index contributed by atoms with van der Waals surface area (Å²) in [6.45, 7) is 4.21. The standard InChI is InChI=1S/C22H25N3O/c1-17(19-7-3-2-4-8-19)25-14-11-21(12-15-25)24-22(26)20-9-5-6-18(16-20)10-13-23/h2-9,16-17,21H,10-12,14-15H2,1H3,(H,24,26)/t17-/m1/s1. The molecule has 1 aliphatic heterocycles. The lowest BCUT2D eigenvalue weighted by atomic mass is 9.99. The van der Waals surface area contributed by atoms with Gasteiger partial charge in [-0.25, -0.2) is 0 Å². The Morgan fingerprint density at radius 3 is 2.62 bits per heavy atom. The minimum absolute atomic E-state index is 0.0423. The minimum Gasteiger partial charge on any atom is -0.349 e. The zero-order valence-corrected chi connectivity index (χ0v) is 15.2. The van der Waals surface area contributed by atoms with E-state index in [1.165, 1.54) is 5.56 Å². The lowest BCUT2D eigenvalue weighted by Gasteiger charge is -2.36. The van der Waals surface area contributed by atoms with Crippen molar-refractivity contribution < 1.29 is 4.79 Å². The summed E-state index contributed by atoms with van der Waals surface area (Å²) in [6.07, 6.45) is 2.25. The predicted octanol–water partition coefficient (Wildman–Crippen LogP) is 3.71. The third-order valence-corrected chi connectivity index (χ3v) is 5.17. The monoisotopic (exact) mass is 347 g/mol. The van der Waals surface area contributed by atoms with Crippen LogP contribution in [0.4, 0.5) is 0 Å². The molecule has 0 saturated carbocycles. The summed E-state index contributed by atoms with van der Waals surface area (Å²) in [5, 5.41) is 12.0. The fourth-order valence-electron chi connectivity index (χ4n) is 3.56. The highest BCUT2D eigenvalue weighted by Gasteiger charge is 2.24. The Balaban J connectivity index is 1.53.